The molecule has 1 rings (SSSR count). The minimum atomic E-state index is -6.19. The highest BCUT2D eigenvalue weighted by Gasteiger charge is 2.85. The van der Waals surface area contributed by atoms with Crippen LogP contribution in [0.15, 0.2) is 0 Å². The Morgan fingerprint density at radius 1 is 0.714 bits per heavy atom. The zero-order valence-corrected chi connectivity index (χ0v) is 14.2. The van der Waals surface area contributed by atoms with Gasteiger partial charge in [0.05, 0.1) is 0 Å². The molecule has 21 heavy (non-hydrogen) atoms. The van der Waals surface area contributed by atoms with E-state index in [1.807, 2.05) is 0 Å². The van der Waals surface area contributed by atoms with Gasteiger partial charge in [-0.15, -0.1) is 0 Å². The molecule has 126 valence electrons. The van der Waals surface area contributed by atoms with Gasteiger partial charge in [0, 0.05) is 21.7 Å². The third-order valence-electron chi connectivity index (χ3n) is 2.75. The SMILES string of the molecule is FC(F)(F)C1(C(F)(F)F)O[C@](F)(CCI)[C@](F)(CCI)O1. The van der Waals surface area contributed by atoms with Crippen molar-refractivity contribution in [2.75, 3.05) is 8.86 Å². The average Bonchev–Trinajstić information content (AvgIpc) is 2.48. The van der Waals surface area contributed by atoms with Crippen LogP contribution in [0.4, 0.5) is 35.1 Å². The van der Waals surface area contributed by atoms with Crippen LogP contribution < -0.4 is 0 Å². The molecule has 1 fully saturated rings. The van der Waals surface area contributed by atoms with E-state index < -0.39 is 42.7 Å². The van der Waals surface area contributed by atoms with Crippen molar-refractivity contribution in [3.8, 4) is 0 Å². The van der Waals surface area contributed by atoms with Crippen LogP contribution in [0.1, 0.15) is 12.8 Å². The summed E-state index contributed by atoms with van der Waals surface area (Å²) in [6.45, 7) is 0. The predicted octanol–water partition coefficient (Wildman–Crippen LogP) is 4.84. The fraction of sp³-hybridized carbons (Fsp3) is 1.00. The molecule has 0 aromatic rings. The van der Waals surface area contributed by atoms with Crippen molar-refractivity contribution < 1.29 is 44.6 Å². The second kappa shape index (κ2) is 6.03. The first-order chi connectivity index (χ1) is 9.29. The second-order valence-corrected chi connectivity index (χ2v) is 6.31. The van der Waals surface area contributed by atoms with Crippen LogP contribution in [-0.2, 0) is 9.47 Å². The van der Waals surface area contributed by atoms with E-state index in [-0.39, 0.29) is 8.86 Å². The molecule has 1 aliphatic heterocycles. The van der Waals surface area contributed by atoms with Crippen molar-refractivity contribution in [2.45, 2.75) is 42.7 Å². The predicted molar refractivity (Wildman–Crippen MR) is 71.7 cm³/mol. The number of rotatable bonds is 4. The van der Waals surface area contributed by atoms with E-state index in [0.717, 1.165) is 0 Å². The molecule has 0 unspecified atom stereocenters. The third kappa shape index (κ3) is 3.22. The van der Waals surface area contributed by atoms with E-state index >= 15 is 0 Å². The molecule has 0 N–H and O–H groups in total. The summed E-state index contributed by atoms with van der Waals surface area (Å²) < 4.78 is 112. The Labute approximate surface area is 141 Å². The Balaban J connectivity index is 3.41. The topological polar surface area (TPSA) is 18.5 Å². The number of halogens is 10. The molecule has 0 aliphatic carbocycles. The van der Waals surface area contributed by atoms with Gasteiger partial charge in [0.1, 0.15) is 0 Å². The molecular formula is C9H8F8I2O2. The Kier molecular flexibility index (Phi) is 5.71. The van der Waals surface area contributed by atoms with Gasteiger partial charge in [-0.05, 0) is 0 Å². The summed E-state index contributed by atoms with van der Waals surface area (Å²) >= 11 is 2.96. The van der Waals surface area contributed by atoms with Crippen LogP contribution in [0.25, 0.3) is 0 Å². The molecule has 2 atom stereocenters. The second-order valence-electron chi connectivity index (χ2n) is 4.15. The summed E-state index contributed by atoms with van der Waals surface area (Å²) in [6, 6.07) is 0. The van der Waals surface area contributed by atoms with Gasteiger partial charge in [0.2, 0.25) is 0 Å². The molecule has 0 spiro atoms. The number of ether oxygens (including phenoxy) is 2. The monoisotopic (exact) mass is 554 g/mol. The molecule has 0 aromatic carbocycles. The lowest BCUT2D eigenvalue weighted by Crippen LogP contribution is -2.59. The molecule has 12 heteroatoms. The van der Waals surface area contributed by atoms with Gasteiger partial charge in [-0.3, -0.25) is 9.47 Å². The molecule has 1 heterocycles. The average molecular weight is 554 g/mol. The first kappa shape index (κ1) is 19.9. The highest BCUT2D eigenvalue weighted by molar-refractivity contribution is 14.1. The normalized spacial score (nSPS) is 33.4. The van der Waals surface area contributed by atoms with E-state index in [1.165, 1.54) is 45.2 Å². The van der Waals surface area contributed by atoms with E-state index in [4.69, 9.17) is 0 Å². The Morgan fingerprint density at radius 2 is 1.00 bits per heavy atom. The molecule has 0 bridgehead atoms. The van der Waals surface area contributed by atoms with Crippen LogP contribution in [0.5, 0.6) is 0 Å². The molecule has 0 radical (unpaired) electrons. The summed E-state index contributed by atoms with van der Waals surface area (Å²) in [4.78, 5) is 0. The molecular weight excluding hydrogens is 546 g/mol. The lowest BCUT2D eigenvalue weighted by atomic mass is 10.0. The van der Waals surface area contributed by atoms with Gasteiger partial charge in [0.15, 0.2) is 0 Å². The van der Waals surface area contributed by atoms with Crippen molar-refractivity contribution in [1.29, 1.82) is 0 Å². The Bertz CT molecular complexity index is 351. The highest BCUT2D eigenvalue weighted by Crippen LogP contribution is 2.60. The van der Waals surface area contributed by atoms with Crippen molar-refractivity contribution in [3.05, 3.63) is 0 Å². The minimum absolute atomic E-state index is 0.268. The van der Waals surface area contributed by atoms with Crippen LogP contribution in [0.3, 0.4) is 0 Å². The molecule has 1 aliphatic rings. The number of hydrogen-bond donors (Lipinski definition) is 0. The van der Waals surface area contributed by atoms with Crippen molar-refractivity contribution in [2.24, 2.45) is 0 Å². The fourth-order valence-corrected chi connectivity index (χ4v) is 3.13. The van der Waals surface area contributed by atoms with Crippen molar-refractivity contribution in [1.82, 2.24) is 0 Å². The summed E-state index contributed by atoms with van der Waals surface area (Å²) in [5.74, 6) is -13.0. The van der Waals surface area contributed by atoms with Gasteiger partial charge in [0.25, 0.3) is 11.7 Å². The quantitative estimate of drug-likeness (QED) is 0.282. The van der Waals surface area contributed by atoms with E-state index in [0.29, 0.717) is 0 Å². The lowest BCUT2D eigenvalue weighted by molar-refractivity contribution is -0.459. The minimum Gasteiger partial charge on any atom is -0.293 e. The largest absolute Gasteiger partial charge is 0.453 e. The lowest BCUT2D eigenvalue weighted by Gasteiger charge is -2.31. The van der Waals surface area contributed by atoms with Gasteiger partial charge in [-0.1, -0.05) is 45.2 Å². The fourth-order valence-electron chi connectivity index (χ4n) is 1.74. The Hall–Kier alpha value is 0.820. The smallest absolute Gasteiger partial charge is 0.293 e. The van der Waals surface area contributed by atoms with Crippen LogP contribution >= 0.6 is 45.2 Å². The first-order valence-electron chi connectivity index (χ1n) is 5.32. The summed E-state index contributed by atoms with van der Waals surface area (Å²) in [5, 5.41) is 0. The summed E-state index contributed by atoms with van der Waals surface area (Å²) in [6.07, 6.45) is -14.4. The number of alkyl halides is 10. The maximum absolute atomic E-state index is 14.4. The van der Waals surface area contributed by atoms with Crippen molar-refractivity contribution >= 4 is 45.2 Å². The van der Waals surface area contributed by atoms with Crippen LogP contribution in [0, 0.1) is 0 Å². The third-order valence-corrected chi connectivity index (χ3v) is 3.83. The molecule has 2 nitrogen and oxygen atoms in total. The zero-order chi connectivity index (χ0) is 16.7. The van der Waals surface area contributed by atoms with E-state index in [9.17, 15) is 35.1 Å². The van der Waals surface area contributed by atoms with Gasteiger partial charge >= 0.3 is 18.1 Å². The molecule has 0 aromatic heterocycles. The molecule has 0 saturated carbocycles. The van der Waals surface area contributed by atoms with E-state index in [1.54, 1.807) is 0 Å². The van der Waals surface area contributed by atoms with Gasteiger partial charge in [-0.25, -0.2) is 8.78 Å². The van der Waals surface area contributed by atoms with Gasteiger partial charge in [-0.2, -0.15) is 26.3 Å². The molecule has 0 amide bonds. The Morgan fingerprint density at radius 3 is 1.19 bits per heavy atom. The maximum Gasteiger partial charge on any atom is 0.453 e. The highest BCUT2D eigenvalue weighted by atomic mass is 127. The van der Waals surface area contributed by atoms with Crippen LogP contribution in [-0.4, -0.2) is 38.7 Å². The number of hydrogen-bond acceptors (Lipinski definition) is 2. The summed E-state index contributed by atoms with van der Waals surface area (Å²) in [7, 11) is 0. The van der Waals surface area contributed by atoms with Crippen LogP contribution in [0.2, 0.25) is 0 Å². The van der Waals surface area contributed by atoms with Crippen molar-refractivity contribution in [3.63, 3.8) is 0 Å². The summed E-state index contributed by atoms with van der Waals surface area (Å²) in [5.41, 5.74) is 0. The zero-order valence-electron chi connectivity index (χ0n) is 9.92. The molecule has 1 saturated heterocycles. The first-order valence-corrected chi connectivity index (χ1v) is 8.37. The van der Waals surface area contributed by atoms with Gasteiger partial charge < -0.3 is 0 Å². The van der Waals surface area contributed by atoms with E-state index in [2.05, 4.69) is 9.47 Å². The maximum atomic E-state index is 14.4. The standard InChI is InChI=1S/C9H8F8I2O2/c10-5(1-3-18)6(11,2-4-19)21-7(20-5,8(12,13)14)9(15,16)17/h1-4H2/t5-,6+.